The summed E-state index contributed by atoms with van der Waals surface area (Å²) >= 11 is 5.77. The number of nitrogens with one attached hydrogen (secondary N) is 1. The first-order chi connectivity index (χ1) is 7.78. The lowest BCUT2D eigenvalue weighted by atomic mass is 10.2. The molecule has 0 aromatic heterocycles. The highest BCUT2D eigenvalue weighted by atomic mass is 35.5. The Labute approximate surface area is 106 Å². The molecule has 1 aromatic rings. The van der Waals surface area contributed by atoms with Crippen LogP contribution in [0.4, 0.5) is 10.5 Å². The molecule has 0 radical (unpaired) electrons. The summed E-state index contributed by atoms with van der Waals surface area (Å²) in [7, 11) is 0. The van der Waals surface area contributed by atoms with Gasteiger partial charge in [0.25, 0.3) is 0 Å². The molecule has 17 heavy (non-hydrogen) atoms. The minimum Gasteiger partial charge on any atom is -0.444 e. The zero-order valence-electron chi connectivity index (χ0n) is 10.2. The molecule has 0 atom stereocenters. The summed E-state index contributed by atoms with van der Waals surface area (Å²) in [4.78, 5) is 11.4. The first-order valence-electron chi connectivity index (χ1n) is 5.29. The number of nitrogen functional groups attached to an aromatic ring is 1. The zero-order chi connectivity index (χ0) is 13.1. The van der Waals surface area contributed by atoms with Crippen molar-refractivity contribution in [1.82, 2.24) is 5.32 Å². The van der Waals surface area contributed by atoms with Crippen LogP contribution in [0.15, 0.2) is 18.2 Å². The molecule has 0 unspecified atom stereocenters. The van der Waals surface area contributed by atoms with Gasteiger partial charge in [0.1, 0.15) is 5.60 Å². The Morgan fingerprint density at radius 1 is 1.47 bits per heavy atom. The van der Waals surface area contributed by atoms with E-state index < -0.39 is 11.7 Å². The van der Waals surface area contributed by atoms with E-state index in [1.54, 1.807) is 18.2 Å². The van der Waals surface area contributed by atoms with Crippen molar-refractivity contribution < 1.29 is 9.53 Å². The molecule has 0 fully saturated rings. The van der Waals surface area contributed by atoms with Gasteiger partial charge in [-0.3, -0.25) is 0 Å². The van der Waals surface area contributed by atoms with Crippen LogP contribution < -0.4 is 11.1 Å². The van der Waals surface area contributed by atoms with E-state index in [4.69, 9.17) is 22.1 Å². The molecule has 1 aromatic carbocycles. The molecular formula is C12H17ClN2O2. The SMILES string of the molecule is CC(C)(C)OC(=O)NCc1ccc(Cl)cc1N. The Morgan fingerprint density at radius 2 is 2.12 bits per heavy atom. The van der Waals surface area contributed by atoms with Crippen LogP contribution in [-0.2, 0) is 11.3 Å². The van der Waals surface area contributed by atoms with Gasteiger partial charge in [0, 0.05) is 17.3 Å². The molecule has 0 aliphatic carbocycles. The van der Waals surface area contributed by atoms with Crippen molar-refractivity contribution in [3.63, 3.8) is 0 Å². The summed E-state index contributed by atoms with van der Waals surface area (Å²) in [5.41, 5.74) is 6.61. The first-order valence-corrected chi connectivity index (χ1v) is 5.66. The summed E-state index contributed by atoms with van der Waals surface area (Å²) in [5.74, 6) is 0. The highest BCUT2D eigenvalue weighted by Crippen LogP contribution is 2.17. The van der Waals surface area contributed by atoms with Gasteiger partial charge in [0.2, 0.25) is 0 Å². The van der Waals surface area contributed by atoms with Crippen LogP contribution in [0.2, 0.25) is 5.02 Å². The smallest absolute Gasteiger partial charge is 0.407 e. The molecule has 0 aliphatic heterocycles. The van der Waals surface area contributed by atoms with Crippen molar-refractivity contribution in [3.8, 4) is 0 Å². The van der Waals surface area contributed by atoms with Gasteiger partial charge >= 0.3 is 6.09 Å². The number of carbonyl (C=O) groups is 1. The van der Waals surface area contributed by atoms with Gasteiger partial charge in [0.05, 0.1) is 0 Å². The Bertz CT molecular complexity index is 413. The van der Waals surface area contributed by atoms with E-state index in [1.807, 2.05) is 20.8 Å². The summed E-state index contributed by atoms with van der Waals surface area (Å²) in [6.45, 7) is 5.74. The summed E-state index contributed by atoms with van der Waals surface area (Å²) < 4.78 is 5.11. The van der Waals surface area contributed by atoms with Crippen molar-refractivity contribution in [2.75, 3.05) is 5.73 Å². The molecule has 1 amide bonds. The normalized spacial score (nSPS) is 11.1. The number of amides is 1. The number of anilines is 1. The molecule has 94 valence electrons. The third-order valence-corrected chi connectivity index (χ3v) is 2.17. The van der Waals surface area contributed by atoms with Crippen molar-refractivity contribution >= 4 is 23.4 Å². The van der Waals surface area contributed by atoms with Crippen LogP contribution in [0.1, 0.15) is 26.3 Å². The van der Waals surface area contributed by atoms with E-state index in [0.717, 1.165) is 5.56 Å². The van der Waals surface area contributed by atoms with Crippen molar-refractivity contribution in [2.45, 2.75) is 32.9 Å². The summed E-state index contributed by atoms with van der Waals surface area (Å²) in [5, 5.41) is 3.20. The molecule has 3 N–H and O–H groups in total. The third kappa shape index (κ3) is 4.95. The second-order valence-electron chi connectivity index (χ2n) is 4.70. The van der Waals surface area contributed by atoms with Crippen LogP contribution in [0.25, 0.3) is 0 Å². The Hall–Kier alpha value is -1.42. The van der Waals surface area contributed by atoms with Crippen molar-refractivity contribution in [2.24, 2.45) is 0 Å². The van der Waals surface area contributed by atoms with Crippen LogP contribution in [0.5, 0.6) is 0 Å². The van der Waals surface area contributed by atoms with E-state index in [-0.39, 0.29) is 0 Å². The minimum absolute atomic E-state index is 0.317. The molecule has 0 aliphatic rings. The van der Waals surface area contributed by atoms with Gasteiger partial charge in [-0.15, -0.1) is 0 Å². The van der Waals surface area contributed by atoms with E-state index in [2.05, 4.69) is 5.32 Å². The number of alkyl carbamates (subject to hydrolysis) is 1. The molecule has 0 spiro atoms. The van der Waals surface area contributed by atoms with E-state index in [0.29, 0.717) is 17.3 Å². The number of benzene rings is 1. The predicted octanol–water partition coefficient (Wildman–Crippen LogP) is 2.95. The average molecular weight is 257 g/mol. The highest BCUT2D eigenvalue weighted by molar-refractivity contribution is 6.30. The third-order valence-electron chi connectivity index (χ3n) is 1.93. The van der Waals surface area contributed by atoms with Crippen LogP contribution >= 0.6 is 11.6 Å². The minimum atomic E-state index is -0.504. The molecule has 0 bridgehead atoms. The summed E-state index contributed by atoms with van der Waals surface area (Å²) in [6, 6.07) is 5.15. The van der Waals surface area contributed by atoms with Crippen LogP contribution in [0.3, 0.4) is 0 Å². The Balaban J connectivity index is 2.53. The molecule has 0 saturated heterocycles. The number of nitrogens with two attached hydrogens (primary N) is 1. The van der Waals surface area contributed by atoms with E-state index >= 15 is 0 Å². The van der Waals surface area contributed by atoms with Crippen molar-refractivity contribution in [3.05, 3.63) is 28.8 Å². The van der Waals surface area contributed by atoms with E-state index in [1.165, 1.54) is 0 Å². The number of hydrogen-bond acceptors (Lipinski definition) is 3. The fraction of sp³-hybridized carbons (Fsp3) is 0.417. The molecule has 1 rings (SSSR count). The fourth-order valence-corrected chi connectivity index (χ4v) is 1.39. The largest absolute Gasteiger partial charge is 0.444 e. The summed E-state index contributed by atoms with van der Waals surface area (Å²) in [6.07, 6.45) is -0.466. The number of hydrogen-bond donors (Lipinski definition) is 2. The Morgan fingerprint density at radius 3 is 2.65 bits per heavy atom. The maximum absolute atomic E-state index is 11.4. The average Bonchev–Trinajstić information content (AvgIpc) is 2.13. The first kappa shape index (κ1) is 13.6. The Kier molecular flexibility index (Phi) is 4.23. The number of ether oxygens (including phenoxy) is 1. The maximum atomic E-state index is 11.4. The molecule has 0 heterocycles. The lowest BCUT2D eigenvalue weighted by molar-refractivity contribution is 0.0523. The van der Waals surface area contributed by atoms with Crippen LogP contribution in [-0.4, -0.2) is 11.7 Å². The van der Waals surface area contributed by atoms with Crippen molar-refractivity contribution in [1.29, 1.82) is 0 Å². The van der Waals surface area contributed by atoms with Gasteiger partial charge in [-0.1, -0.05) is 17.7 Å². The monoisotopic (exact) mass is 256 g/mol. The lowest BCUT2D eigenvalue weighted by Gasteiger charge is -2.19. The topological polar surface area (TPSA) is 64.3 Å². The van der Waals surface area contributed by atoms with Gasteiger partial charge in [-0.05, 0) is 38.5 Å². The fourth-order valence-electron chi connectivity index (χ4n) is 1.21. The van der Waals surface area contributed by atoms with Gasteiger partial charge in [-0.2, -0.15) is 0 Å². The van der Waals surface area contributed by atoms with Crippen LogP contribution in [0, 0.1) is 0 Å². The molecule has 4 nitrogen and oxygen atoms in total. The second-order valence-corrected chi connectivity index (χ2v) is 5.14. The van der Waals surface area contributed by atoms with E-state index in [9.17, 15) is 4.79 Å². The van der Waals surface area contributed by atoms with Gasteiger partial charge in [0.15, 0.2) is 0 Å². The molecule has 0 saturated carbocycles. The molecule has 5 heteroatoms. The zero-order valence-corrected chi connectivity index (χ0v) is 11.0. The standard InChI is InChI=1S/C12H17ClN2O2/c1-12(2,3)17-11(16)15-7-8-4-5-9(13)6-10(8)14/h4-6H,7,14H2,1-3H3,(H,15,16). The number of halogens is 1. The second kappa shape index (κ2) is 5.27. The lowest BCUT2D eigenvalue weighted by Crippen LogP contribution is -2.32. The maximum Gasteiger partial charge on any atom is 0.407 e. The predicted molar refractivity (Wildman–Crippen MR) is 68.9 cm³/mol. The number of carbonyl (C=O) groups excluding carboxylic acids is 1. The van der Waals surface area contributed by atoms with Gasteiger partial charge < -0.3 is 15.8 Å². The number of rotatable bonds is 2. The highest BCUT2D eigenvalue weighted by Gasteiger charge is 2.15. The molecular weight excluding hydrogens is 240 g/mol. The quantitative estimate of drug-likeness (QED) is 0.800. The van der Waals surface area contributed by atoms with Gasteiger partial charge in [-0.25, -0.2) is 4.79 Å².